The SMILES string of the molecule is Clc1cccc(NC2CCN(c3ccncc3)CC2)n1. The van der Waals surface area contributed by atoms with Crippen LogP contribution in [0.15, 0.2) is 42.7 Å². The molecule has 0 unspecified atom stereocenters. The summed E-state index contributed by atoms with van der Waals surface area (Å²) in [6.07, 6.45) is 5.87. The van der Waals surface area contributed by atoms with Gasteiger partial charge in [0.25, 0.3) is 0 Å². The lowest BCUT2D eigenvalue weighted by molar-refractivity contribution is 0.525. The van der Waals surface area contributed by atoms with Gasteiger partial charge in [0.15, 0.2) is 0 Å². The zero-order valence-electron chi connectivity index (χ0n) is 11.2. The van der Waals surface area contributed by atoms with Gasteiger partial charge in [-0.2, -0.15) is 0 Å². The molecule has 2 aromatic heterocycles. The first-order valence-corrected chi connectivity index (χ1v) is 7.23. The van der Waals surface area contributed by atoms with E-state index in [0.717, 1.165) is 31.7 Å². The Labute approximate surface area is 123 Å². The van der Waals surface area contributed by atoms with E-state index in [4.69, 9.17) is 11.6 Å². The van der Waals surface area contributed by atoms with Crippen molar-refractivity contribution in [1.29, 1.82) is 0 Å². The van der Waals surface area contributed by atoms with Gasteiger partial charge in [-0.1, -0.05) is 17.7 Å². The second-order valence-corrected chi connectivity index (χ2v) is 5.34. The molecule has 0 radical (unpaired) electrons. The standard InChI is InChI=1S/C15H17ClN4/c16-14-2-1-3-15(19-14)18-12-6-10-20(11-7-12)13-4-8-17-9-5-13/h1-5,8-9,12H,6-7,10-11H2,(H,18,19). The van der Waals surface area contributed by atoms with Crippen molar-refractivity contribution in [3.05, 3.63) is 47.9 Å². The van der Waals surface area contributed by atoms with Crippen molar-refractivity contribution in [1.82, 2.24) is 9.97 Å². The van der Waals surface area contributed by atoms with E-state index in [2.05, 4.69) is 32.3 Å². The molecule has 3 rings (SSSR count). The number of hydrogen-bond acceptors (Lipinski definition) is 4. The number of nitrogens with zero attached hydrogens (tertiary/aromatic N) is 3. The van der Waals surface area contributed by atoms with Crippen LogP contribution in [0, 0.1) is 0 Å². The van der Waals surface area contributed by atoms with Crippen LogP contribution in [-0.4, -0.2) is 29.1 Å². The molecule has 5 heteroatoms. The smallest absolute Gasteiger partial charge is 0.131 e. The molecule has 0 amide bonds. The second-order valence-electron chi connectivity index (χ2n) is 4.96. The van der Waals surface area contributed by atoms with E-state index in [0.29, 0.717) is 11.2 Å². The molecule has 0 spiro atoms. The van der Waals surface area contributed by atoms with E-state index < -0.39 is 0 Å². The number of anilines is 2. The molecule has 0 saturated carbocycles. The van der Waals surface area contributed by atoms with Crippen LogP contribution in [-0.2, 0) is 0 Å². The van der Waals surface area contributed by atoms with Crippen molar-refractivity contribution in [2.45, 2.75) is 18.9 Å². The summed E-state index contributed by atoms with van der Waals surface area (Å²) in [7, 11) is 0. The fourth-order valence-corrected chi connectivity index (χ4v) is 2.70. The first-order chi connectivity index (χ1) is 9.81. The van der Waals surface area contributed by atoms with Gasteiger partial charge in [0.1, 0.15) is 11.0 Å². The number of hydrogen-bond donors (Lipinski definition) is 1. The van der Waals surface area contributed by atoms with E-state index in [-0.39, 0.29) is 0 Å². The fourth-order valence-electron chi connectivity index (χ4n) is 2.53. The number of piperidine rings is 1. The predicted molar refractivity (Wildman–Crippen MR) is 82.3 cm³/mol. The number of pyridine rings is 2. The minimum absolute atomic E-state index is 0.457. The maximum atomic E-state index is 5.90. The molecule has 0 bridgehead atoms. The zero-order chi connectivity index (χ0) is 13.8. The van der Waals surface area contributed by atoms with E-state index in [1.807, 2.05) is 24.5 Å². The molecule has 0 aromatic carbocycles. The third kappa shape index (κ3) is 3.20. The highest BCUT2D eigenvalue weighted by Gasteiger charge is 2.19. The highest BCUT2D eigenvalue weighted by molar-refractivity contribution is 6.29. The van der Waals surface area contributed by atoms with Gasteiger partial charge in [-0.15, -0.1) is 0 Å². The Hall–Kier alpha value is -1.81. The molecule has 1 saturated heterocycles. The van der Waals surface area contributed by atoms with Gasteiger partial charge in [0.05, 0.1) is 0 Å². The van der Waals surface area contributed by atoms with Crippen molar-refractivity contribution in [2.24, 2.45) is 0 Å². The van der Waals surface area contributed by atoms with Crippen molar-refractivity contribution in [3.63, 3.8) is 0 Å². The highest BCUT2D eigenvalue weighted by Crippen LogP contribution is 2.21. The zero-order valence-corrected chi connectivity index (χ0v) is 11.9. The van der Waals surface area contributed by atoms with E-state index in [9.17, 15) is 0 Å². The van der Waals surface area contributed by atoms with Crippen LogP contribution >= 0.6 is 11.6 Å². The van der Waals surface area contributed by atoms with E-state index >= 15 is 0 Å². The first kappa shape index (κ1) is 13.2. The monoisotopic (exact) mass is 288 g/mol. The van der Waals surface area contributed by atoms with Crippen LogP contribution in [0.1, 0.15) is 12.8 Å². The minimum atomic E-state index is 0.457. The van der Waals surface area contributed by atoms with Gasteiger partial charge in [0.2, 0.25) is 0 Å². The van der Waals surface area contributed by atoms with Crippen LogP contribution in [0.25, 0.3) is 0 Å². The summed E-state index contributed by atoms with van der Waals surface area (Å²) in [5.41, 5.74) is 1.25. The number of aromatic nitrogens is 2. The van der Waals surface area contributed by atoms with E-state index in [1.54, 1.807) is 6.07 Å². The van der Waals surface area contributed by atoms with E-state index in [1.165, 1.54) is 5.69 Å². The first-order valence-electron chi connectivity index (χ1n) is 6.85. The summed E-state index contributed by atoms with van der Waals surface area (Å²) < 4.78 is 0. The highest BCUT2D eigenvalue weighted by atomic mass is 35.5. The Morgan fingerprint density at radius 1 is 1.10 bits per heavy atom. The average Bonchev–Trinajstić information content (AvgIpc) is 2.49. The van der Waals surface area contributed by atoms with Crippen LogP contribution in [0.4, 0.5) is 11.5 Å². The van der Waals surface area contributed by atoms with Gasteiger partial charge in [0, 0.05) is 37.2 Å². The molecule has 1 aliphatic rings. The Bertz CT molecular complexity index is 553. The minimum Gasteiger partial charge on any atom is -0.371 e. The molecule has 3 heterocycles. The van der Waals surface area contributed by atoms with Crippen molar-refractivity contribution < 1.29 is 0 Å². The Kier molecular flexibility index (Phi) is 4.02. The second kappa shape index (κ2) is 6.09. The molecular weight excluding hydrogens is 272 g/mol. The Morgan fingerprint density at radius 2 is 1.85 bits per heavy atom. The fraction of sp³-hybridized carbons (Fsp3) is 0.333. The summed E-state index contributed by atoms with van der Waals surface area (Å²) in [4.78, 5) is 10.7. The topological polar surface area (TPSA) is 41.0 Å². The van der Waals surface area contributed by atoms with Crippen LogP contribution < -0.4 is 10.2 Å². The maximum absolute atomic E-state index is 5.90. The van der Waals surface area contributed by atoms with Crippen LogP contribution in [0.5, 0.6) is 0 Å². The molecule has 4 nitrogen and oxygen atoms in total. The Balaban J connectivity index is 1.56. The number of rotatable bonds is 3. The molecule has 0 aliphatic carbocycles. The molecule has 0 atom stereocenters. The number of nitrogens with one attached hydrogen (secondary N) is 1. The summed E-state index contributed by atoms with van der Waals surface area (Å²) in [6, 6.07) is 10.3. The lowest BCUT2D eigenvalue weighted by Crippen LogP contribution is -2.39. The van der Waals surface area contributed by atoms with Gasteiger partial charge < -0.3 is 10.2 Å². The normalized spacial score (nSPS) is 16.1. The Morgan fingerprint density at radius 3 is 2.55 bits per heavy atom. The molecule has 2 aromatic rings. The summed E-state index contributed by atoms with van der Waals surface area (Å²) >= 11 is 5.90. The van der Waals surface area contributed by atoms with Gasteiger partial charge in [-0.25, -0.2) is 4.98 Å². The number of halogens is 1. The average molecular weight is 289 g/mol. The van der Waals surface area contributed by atoms with Crippen molar-refractivity contribution >= 4 is 23.1 Å². The van der Waals surface area contributed by atoms with Crippen LogP contribution in [0.2, 0.25) is 5.15 Å². The van der Waals surface area contributed by atoms with Gasteiger partial charge >= 0.3 is 0 Å². The predicted octanol–water partition coefficient (Wildman–Crippen LogP) is 3.21. The van der Waals surface area contributed by atoms with Crippen molar-refractivity contribution in [2.75, 3.05) is 23.3 Å². The lowest BCUT2D eigenvalue weighted by Gasteiger charge is -2.34. The quantitative estimate of drug-likeness (QED) is 0.881. The summed E-state index contributed by atoms with van der Waals surface area (Å²) in [6.45, 7) is 2.09. The molecule has 1 aliphatic heterocycles. The maximum Gasteiger partial charge on any atom is 0.131 e. The van der Waals surface area contributed by atoms with Gasteiger partial charge in [-0.05, 0) is 37.1 Å². The molecule has 20 heavy (non-hydrogen) atoms. The molecular formula is C15H17ClN4. The summed E-state index contributed by atoms with van der Waals surface area (Å²) in [5, 5.41) is 3.99. The third-order valence-electron chi connectivity index (χ3n) is 3.59. The largest absolute Gasteiger partial charge is 0.371 e. The summed E-state index contributed by atoms with van der Waals surface area (Å²) in [5.74, 6) is 0.861. The third-order valence-corrected chi connectivity index (χ3v) is 3.80. The lowest BCUT2D eigenvalue weighted by atomic mass is 10.0. The molecule has 104 valence electrons. The van der Waals surface area contributed by atoms with Crippen molar-refractivity contribution in [3.8, 4) is 0 Å². The molecule has 1 fully saturated rings. The van der Waals surface area contributed by atoms with Gasteiger partial charge in [-0.3, -0.25) is 4.98 Å². The molecule has 1 N–H and O–H groups in total. The van der Waals surface area contributed by atoms with Crippen LogP contribution in [0.3, 0.4) is 0 Å².